The summed E-state index contributed by atoms with van der Waals surface area (Å²) >= 11 is 0. The first-order valence-electron chi connectivity index (χ1n) is 6.83. The van der Waals surface area contributed by atoms with Crippen molar-refractivity contribution in [2.24, 2.45) is 0 Å². The van der Waals surface area contributed by atoms with Crippen molar-refractivity contribution in [1.29, 1.82) is 0 Å². The Hall–Kier alpha value is -2.21. The molecule has 6 heteroatoms. The Labute approximate surface area is 123 Å². The number of carbonyl (C=O) groups excluding carboxylic acids is 1. The Bertz CT molecular complexity index is 659. The topological polar surface area (TPSA) is 71.1 Å². The highest BCUT2D eigenvalue weighted by atomic mass is 16.5. The van der Waals surface area contributed by atoms with E-state index in [0.717, 1.165) is 0 Å². The van der Waals surface area contributed by atoms with Crippen LogP contribution in [0.5, 0.6) is 5.88 Å². The molecule has 0 aliphatic heterocycles. The van der Waals surface area contributed by atoms with Gasteiger partial charge in [-0.2, -0.15) is 0 Å². The van der Waals surface area contributed by atoms with Crippen molar-refractivity contribution in [2.45, 2.75) is 20.0 Å². The highest BCUT2D eigenvalue weighted by molar-refractivity contribution is 6.13. The third-order valence-electron chi connectivity index (χ3n) is 2.79. The van der Waals surface area contributed by atoms with E-state index < -0.39 is 0 Å². The number of aromatic nitrogens is 3. The molecule has 21 heavy (non-hydrogen) atoms. The van der Waals surface area contributed by atoms with Crippen LogP contribution in [-0.2, 0) is 0 Å². The van der Waals surface area contributed by atoms with Crippen LogP contribution in [0.25, 0.3) is 11.0 Å². The van der Waals surface area contributed by atoms with Crippen LogP contribution in [0.2, 0.25) is 0 Å². The van der Waals surface area contributed by atoms with Gasteiger partial charge in [0.2, 0.25) is 5.88 Å². The van der Waals surface area contributed by atoms with Gasteiger partial charge in [0.15, 0.2) is 5.78 Å². The zero-order chi connectivity index (χ0) is 15.4. The maximum Gasteiger partial charge on any atom is 0.227 e. The molecular weight excluding hydrogens is 268 g/mol. The molecule has 0 atom stereocenters. The van der Waals surface area contributed by atoms with Crippen molar-refractivity contribution >= 4 is 16.8 Å². The van der Waals surface area contributed by atoms with Crippen molar-refractivity contribution in [2.75, 3.05) is 20.6 Å². The Morgan fingerprint density at radius 1 is 1.43 bits per heavy atom. The van der Waals surface area contributed by atoms with E-state index in [1.54, 1.807) is 12.3 Å². The number of rotatable bonds is 6. The zero-order valence-corrected chi connectivity index (χ0v) is 12.8. The number of ether oxygens (including phenoxy) is 1. The van der Waals surface area contributed by atoms with Gasteiger partial charge >= 0.3 is 0 Å². The standard InChI is InChI=1S/C15H20N4O2/c1-10(2)21-15-13-11(8-16-14(13)17-9-18-15)12(20)6-5-7-19(3)4/h5-6,8-10H,7H2,1-4H3,(H,16,17,18). The highest BCUT2D eigenvalue weighted by Gasteiger charge is 2.16. The van der Waals surface area contributed by atoms with E-state index in [1.807, 2.05) is 38.9 Å². The summed E-state index contributed by atoms with van der Waals surface area (Å²) < 4.78 is 5.66. The summed E-state index contributed by atoms with van der Waals surface area (Å²) in [6.45, 7) is 4.54. The third-order valence-corrected chi connectivity index (χ3v) is 2.79. The molecule has 0 saturated heterocycles. The second kappa shape index (κ2) is 6.49. The van der Waals surface area contributed by atoms with Crippen molar-refractivity contribution < 1.29 is 9.53 Å². The lowest BCUT2D eigenvalue weighted by molar-refractivity contribution is 0.104. The number of nitrogens with one attached hydrogen (secondary N) is 1. The van der Waals surface area contributed by atoms with Crippen LogP contribution in [0.1, 0.15) is 24.2 Å². The first-order valence-corrected chi connectivity index (χ1v) is 6.83. The van der Waals surface area contributed by atoms with E-state index in [-0.39, 0.29) is 11.9 Å². The minimum atomic E-state index is -0.0912. The van der Waals surface area contributed by atoms with Gasteiger partial charge in [0.05, 0.1) is 17.1 Å². The molecule has 112 valence electrons. The number of carbonyl (C=O) groups is 1. The van der Waals surface area contributed by atoms with E-state index in [1.165, 1.54) is 6.33 Å². The first kappa shape index (κ1) is 15.2. The molecule has 2 aromatic heterocycles. The fraction of sp³-hybridized carbons (Fsp3) is 0.400. The van der Waals surface area contributed by atoms with Crippen LogP contribution in [0.3, 0.4) is 0 Å². The van der Waals surface area contributed by atoms with E-state index in [9.17, 15) is 4.79 Å². The second-order valence-corrected chi connectivity index (χ2v) is 5.30. The van der Waals surface area contributed by atoms with Gasteiger partial charge < -0.3 is 14.6 Å². The van der Waals surface area contributed by atoms with Crippen molar-refractivity contribution in [3.63, 3.8) is 0 Å². The SMILES string of the molecule is CC(C)Oc1ncnc2[nH]cc(C(=O)C=CCN(C)C)c12. The number of H-pyrrole nitrogens is 1. The molecular formula is C15H20N4O2. The number of ketones is 1. The van der Waals surface area contributed by atoms with Crippen molar-refractivity contribution in [3.8, 4) is 5.88 Å². The van der Waals surface area contributed by atoms with Gasteiger partial charge in [0.1, 0.15) is 12.0 Å². The lowest BCUT2D eigenvalue weighted by Crippen LogP contribution is -2.11. The number of allylic oxidation sites excluding steroid dienone is 1. The summed E-state index contributed by atoms with van der Waals surface area (Å²) in [6, 6.07) is 0. The maximum absolute atomic E-state index is 12.3. The Balaban J connectivity index is 2.35. The van der Waals surface area contributed by atoms with Gasteiger partial charge in [-0.15, -0.1) is 0 Å². The average Bonchev–Trinajstić information content (AvgIpc) is 2.82. The Morgan fingerprint density at radius 3 is 2.86 bits per heavy atom. The van der Waals surface area contributed by atoms with Crippen LogP contribution in [0.15, 0.2) is 24.7 Å². The lowest BCUT2D eigenvalue weighted by Gasteiger charge is -2.09. The van der Waals surface area contributed by atoms with E-state index in [2.05, 4.69) is 15.0 Å². The van der Waals surface area contributed by atoms with E-state index in [4.69, 9.17) is 4.74 Å². The molecule has 1 N–H and O–H groups in total. The highest BCUT2D eigenvalue weighted by Crippen LogP contribution is 2.26. The van der Waals surface area contributed by atoms with Gasteiger partial charge in [-0.3, -0.25) is 4.79 Å². The molecule has 0 aliphatic carbocycles. The fourth-order valence-corrected chi connectivity index (χ4v) is 1.90. The number of nitrogens with zero attached hydrogens (tertiary/aromatic N) is 3. The first-order chi connectivity index (χ1) is 9.99. The zero-order valence-electron chi connectivity index (χ0n) is 12.8. The van der Waals surface area contributed by atoms with Gasteiger partial charge in [-0.05, 0) is 34.0 Å². The molecule has 0 bridgehead atoms. The van der Waals surface area contributed by atoms with E-state index in [0.29, 0.717) is 29.0 Å². The molecule has 0 spiro atoms. The van der Waals surface area contributed by atoms with Gasteiger partial charge in [-0.1, -0.05) is 6.08 Å². The molecule has 0 saturated carbocycles. The smallest absolute Gasteiger partial charge is 0.227 e. The predicted octanol–water partition coefficient (Wildman–Crippen LogP) is 2.05. The minimum Gasteiger partial charge on any atom is -0.474 e. The monoisotopic (exact) mass is 288 g/mol. The quantitative estimate of drug-likeness (QED) is 0.650. The van der Waals surface area contributed by atoms with Crippen LogP contribution in [0, 0.1) is 0 Å². The van der Waals surface area contributed by atoms with Gasteiger partial charge in [-0.25, -0.2) is 9.97 Å². The van der Waals surface area contributed by atoms with Crippen LogP contribution < -0.4 is 4.74 Å². The number of hydrogen-bond donors (Lipinski definition) is 1. The number of likely N-dealkylation sites (N-methyl/N-ethyl adjacent to an activating group) is 1. The molecule has 0 aliphatic rings. The predicted molar refractivity (Wildman–Crippen MR) is 81.7 cm³/mol. The summed E-state index contributed by atoms with van der Waals surface area (Å²) in [6.07, 6.45) is 6.44. The number of aromatic amines is 1. The molecule has 6 nitrogen and oxygen atoms in total. The Kier molecular flexibility index (Phi) is 4.70. The third kappa shape index (κ3) is 3.66. The lowest BCUT2D eigenvalue weighted by atomic mass is 10.1. The van der Waals surface area contributed by atoms with Crippen molar-refractivity contribution in [1.82, 2.24) is 19.9 Å². The summed E-state index contributed by atoms with van der Waals surface area (Å²) in [5.41, 5.74) is 1.13. The summed E-state index contributed by atoms with van der Waals surface area (Å²) in [4.78, 5) is 25.5. The number of hydrogen-bond acceptors (Lipinski definition) is 5. The Morgan fingerprint density at radius 2 is 2.19 bits per heavy atom. The molecule has 0 radical (unpaired) electrons. The van der Waals surface area contributed by atoms with E-state index >= 15 is 0 Å². The largest absolute Gasteiger partial charge is 0.474 e. The molecule has 2 rings (SSSR count). The molecule has 0 unspecified atom stereocenters. The summed E-state index contributed by atoms with van der Waals surface area (Å²) in [5, 5.41) is 0.630. The summed E-state index contributed by atoms with van der Waals surface area (Å²) in [7, 11) is 3.89. The van der Waals surface area contributed by atoms with Gasteiger partial charge in [0, 0.05) is 12.7 Å². The molecule has 0 fully saturated rings. The fourth-order valence-electron chi connectivity index (χ4n) is 1.90. The minimum absolute atomic E-state index is 0.0229. The van der Waals surface area contributed by atoms with Crippen LogP contribution in [-0.4, -0.2) is 52.4 Å². The normalized spacial score (nSPS) is 11.9. The molecule has 2 aromatic rings. The second-order valence-electron chi connectivity index (χ2n) is 5.30. The summed E-state index contributed by atoms with van der Waals surface area (Å²) in [5.74, 6) is 0.340. The van der Waals surface area contributed by atoms with Gasteiger partial charge in [0.25, 0.3) is 0 Å². The van der Waals surface area contributed by atoms with Crippen molar-refractivity contribution in [3.05, 3.63) is 30.2 Å². The molecule has 0 aromatic carbocycles. The molecule has 2 heterocycles. The maximum atomic E-state index is 12.3. The molecule has 0 amide bonds. The average molecular weight is 288 g/mol. The van der Waals surface area contributed by atoms with Crippen LogP contribution >= 0.6 is 0 Å². The number of fused-ring (bicyclic) bond motifs is 1. The van der Waals surface area contributed by atoms with Crippen LogP contribution in [0.4, 0.5) is 0 Å².